The molecule has 12 heteroatoms. The number of halogens is 3. The van der Waals surface area contributed by atoms with Crippen molar-refractivity contribution in [2.75, 3.05) is 30.3 Å². The fourth-order valence-corrected chi connectivity index (χ4v) is 4.48. The van der Waals surface area contributed by atoms with Crippen molar-refractivity contribution in [3.63, 3.8) is 0 Å². The number of aliphatic carboxylic acids is 1. The van der Waals surface area contributed by atoms with Gasteiger partial charge in [0, 0.05) is 54.1 Å². The molecule has 4 rings (SSSR count). The summed E-state index contributed by atoms with van der Waals surface area (Å²) in [4.78, 5) is 41.4. The summed E-state index contributed by atoms with van der Waals surface area (Å²) in [5.41, 5.74) is 11.8. The van der Waals surface area contributed by atoms with Gasteiger partial charge in [-0.15, -0.1) is 0 Å². The number of alkyl halides is 3. The molecule has 9 nitrogen and oxygen atoms in total. The van der Waals surface area contributed by atoms with Gasteiger partial charge in [0.05, 0.1) is 5.69 Å². The van der Waals surface area contributed by atoms with E-state index in [4.69, 9.17) is 15.6 Å². The lowest BCUT2D eigenvalue weighted by Gasteiger charge is -2.22. The molecular formula is C29H34F3N5O4. The van der Waals surface area contributed by atoms with Crippen molar-refractivity contribution in [3.8, 4) is 0 Å². The number of carboxylic acid groups (broad SMARTS) is 1. The van der Waals surface area contributed by atoms with Crippen LogP contribution in [-0.2, 0) is 16.0 Å². The number of benzene rings is 2. The minimum absolute atomic E-state index is 0.00146. The predicted molar refractivity (Wildman–Crippen MR) is 152 cm³/mol. The van der Waals surface area contributed by atoms with Gasteiger partial charge in [0.15, 0.2) is 0 Å². The highest BCUT2D eigenvalue weighted by Crippen LogP contribution is 2.30. The molecule has 2 aliphatic rings. The number of amidine groups is 1. The Kier molecular flexibility index (Phi) is 10.5. The minimum Gasteiger partial charge on any atom is -0.475 e. The van der Waals surface area contributed by atoms with Crippen LogP contribution in [0.15, 0.2) is 47.0 Å². The van der Waals surface area contributed by atoms with Gasteiger partial charge in [-0.05, 0) is 67.7 Å². The van der Waals surface area contributed by atoms with E-state index in [-0.39, 0.29) is 11.8 Å². The van der Waals surface area contributed by atoms with Gasteiger partial charge >= 0.3 is 12.1 Å². The number of nitrogens with zero attached hydrogens (tertiary/aromatic N) is 2. The number of aliphatic imine (C=N–C) groups is 1. The highest BCUT2D eigenvalue weighted by molar-refractivity contribution is 6.08. The van der Waals surface area contributed by atoms with Crippen molar-refractivity contribution in [2.24, 2.45) is 10.7 Å². The van der Waals surface area contributed by atoms with Crippen LogP contribution in [0.25, 0.3) is 6.08 Å². The maximum absolute atomic E-state index is 13.1. The van der Waals surface area contributed by atoms with Crippen LogP contribution in [0.3, 0.4) is 0 Å². The molecule has 2 aromatic rings. The lowest BCUT2D eigenvalue weighted by Crippen LogP contribution is -2.34. The molecule has 2 heterocycles. The number of hydrogen-bond donors (Lipinski definition) is 4. The van der Waals surface area contributed by atoms with E-state index < -0.39 is 12.1 Å². The number of nitrogens with two attached hydrogens (primary N) is 1. The lowest BCUT2D eigenvalue weighted by molar-refractivity contribution is -0.192. The Balaban J connectivity index is 0.000000587. The second kappa shape index (κ2) is 13.8. The van der Waals surface area contributed by atoms with E-state index in [1.54, 1.807) is 12.1 Å². The second-order valence-electron chi connectivity index (χ2n) is 9.67. The molecular weight excluding hydrogens is 539 g/mol. The van der Waals surface area contributed by atoms with Crippen LogP contribution >= 0.6 is 0 Å². The monoisotopic (exact) mass is 573 g/mol. The standard InChI is InChI=1S/C27H33N5O2.C2HF3O2/c1-3-12-32(13-4-2)27(34)21-14-19-7-8-20(16-24(19)31-25(28)17-21)26(33)30-22-9-10-23-18(15-22)6-5-11-29-23;3-2(4,5)1(6)7/h7-10,14-16,29H,3-6,11-13,17H2,1-2H3,(H2,28,31)(H,30,33);(H,6,7). The van der Waals surface area contributed by atoms with E-state index in [9.17, 15) is 22.8 Å². The van der Waals surface area contributed by atoms with Gasteiger partial charge < -0.3 is 26.4 Å². The number of rotatable bonds is 7. The summed E-state index contributed by atoms with van der Waals surface area (Å²) < 4.78 is 31.7. The number of fused-ring (bicyclic) bond motifs is 2. The molecule has 2 aromatic carbocycles. The molecule has 0 spiro atoms. The molecule has 2 aliphatic heterocycles. The maximum Gasteiger partial charge on any atom is 0.490 e. The van der Waals surface area contributed by atoms with E-state index in [1.165, 1.54) is 5.56 Å². The minimum atomic E-state index is -5.08. The van der Waals surface area contributed by atoms with E-state index >= 15 is 0 Å². The molecule has 0 saturated carbocycles. The normalized spacial score (nSPS) is 14.0. The summed E-state index contributed by atoms with van der Waals surface area (Å²) in [6.07, 6.45) is 0.956. The zero-order chi connectivity index (χ0) is 30.2. The summed E-state index contributed by atoms with van der Waals surface area (Å²) in [6.45, 7) is 6.54. The fraction of sp³-hybridized carbons (Fsp3) is 0.379. The zero-order valence-electron chi connectivity index (χ0n) is 23.0. The summed E-state index contributed by atoms with van der Waals surface area (Å²) in [5, 5.41) is 13.5. The Morgan fingerprint density at radius 1 is 1.10 bits per heavy atom. The van der Waals surface area contributed by atoms with Crippen molar-refractivity contribution in [1.29, 1.82) is 0 Å². The first kappa shape index (κ1) is 31.2. The molecule has 2 amide bonds. The molecule has 0 saturated heterocycles. The van der Waals surface area contributed by atoms with E-state index in [0.717, 1.165) is 49.2 Å². The number of amides is 2. The van der Waals surface area contributed by atoms with Gasteiger partial charge in [0.25, 0.3) is 5.91 Å². The summed E-state index contributed by atoms with van der Waals surface area (Å²) in [6, 6.07) is 11.3. The summed E-state index contributed by atoms with van der Waals surface area (Å²) in [5.74, 6) is -2.60. The largest absolute Gasteiger partial charge is 0.490 e. The number of anilines is 2. The maximum atomic E-state index is 13.1. The zero-order valence-corrected chi connectivity index (χ0v) is 23.0. The first-order valence-electron chi connectivity index (χ1n) is 13.4. The number of aryl methyl sites for hydroxylation is 1. The number of nitrogens with one attached hydrogen (secondary N) is 2. The van der Waals surface area contributed by atoms with Crippen LogP contribution in [0.1, 0.15) is 61.0 Å². The van der Waals surface area contributed by atoms with Crippen LogP contribution in [0.2, 0.25) is 0 Å². The summed E-state index contributed by atoms with van der Waals surface area (Å²) >= 11 is 0. The Bertz CT molecular complexity index is 1350. The summed E-state index contributed by atoms with van der Waals surface area (Å²) in [7, 11) is 0. The number of hydrogen-bond acceptors (Lipinski definition) is 6. The third kappa shape index (κ3) is 8.57. The van der Waals surface area contributed by atoms with Crippen LogP contribution in [0.4, 0.5) is 30.2 Å². The smallest absolute Gasteiger partial charge is 0.475 e. The van der Waals surface area contributed by atoms with Gasteiger partial charge in [-0.25, -0.2) is 9.79 Å². The SMILES string of the molecule is CCCN(CCC)C(=O)C1=Cc2ccc(C(=O)Nc3ccc4c(c3)CCCN4)cc2N=C(N)C1.O=C(O)C(F)(F)F. The average molecular weight is 574 g/mol. The molecule has 220 valence electrons. The van der Waals surface area contributed by atoms with Gasteiger partial charge in [0.1, 0.15) is 5.84 Å². The molecule has 0 atom stereocenters. The first-order valence-corrected chi connectivity index (χ1v) is 13.4. The Morgan fingerprint density at radius 3 is 2.41 bits per heavy atom. The topological polar surface area (TPSA) is 137 Å². The van der Waals surface area contributed by atoms with Gasteiger partial charge in [0.2, 0.25) is 5.91 Å². The van der Waals surface area contributed by atoms with E-state index in [1.807, 2.05) is 35.2 Å². The first-order chi connectivity index (χ1) is 19.4. The van der Waals surface area contributed by atoms with Gasteiger partial charge in [-0.2, -0.15) is 13.2 Å². The molecule has 0 bridgehead atoms. The Labute approximate surface area is 236 Å². The van der Waals surface area contributed by atoms with Crippen LogP contribution in [-0.4, -0.2) is 59.4 Å². The fourth-order valence-electron chi connectivity index (χ4n) is 4.48. The molecule has 0 unspecified atom stereocenters. The van der Waals surface area contributed by atoms with Crippen molar-refractivity contribution >= 4 is 46.8 Å². The molecule has 0 aliphatic carbocycles. The average Bonchev–Trinajstić information content (AvgIpc) is 3.09. The highest BCUT2D eigenvalue weighted by atomic mass is 19.4. The third-order valence-electron chi connectivity index (χ3n) is 6.35. The van der Waals surface area contributed by atoms with Gasteiger partial charge in [-0.1, -0.05) is 19.9 Å². The molecule has 41 heavy (non-hydrogen) atoms. The Morgan fingerprint density at radius 2 is 1.78 bits per heavy atom. The quantitative estimate of drug-likeness (QED) is 0.352. The number of carbonyl (C=O) groups excluding carboxylic acids is 2. The third-order valence-corrected chi connectivity index (χ3v) is 6.35. The van der Waals surface area contributed by atoms with Crippen molar-refractivity contribution < 1.29 is 32.7 Å². The molecule has 0 fully saturated rings. The van der Waals surface area contributed by atoms with Gasteiger partial charge in [-0.3, -0.25) is 9.59 Å². The lowest BCUT2D eigenvalue weighted by atomic mass is 10.0. The highest BCUT2D eigenvalue weighted by Gasteiger charge is 2.38. The van der Waals surface area contributed by atoms with Crippen molar-refractivity contribution in [1.82, 2.24) is 4.90 Å². The predicted octanol–water partition coefficient (Wildman–Crippen LogP) is 5.35. The number of carbonyl (C=O) groups is 3. The van der Waals surface area contributed by atoms with Crippen LogP contribution < -0.4 is 16.4 Å². The second-order valence-corrected chi connectivity index (χ2v) is 9.67. The van der Waals surface area contributed by atoms with Crippen molar-refractivity contribution in [3.05, 3.63) is 58.7 Å². The Hall–Kier alpha value is -4.35. The molecule has 0 aromatic heterocycles. The van der Waals surface area contributed by atoms with Crippen LogP contribution in [0.5, 0.6) is 0 Å². The molecule has 5 N–H and O–H groups in total. The molecule has 0 radical (unpaired) electrons. The number of carboxylic acids is 1. The van der Waals surface area contributed by atoms with E-state index in [0.29, 0.717) is 42.2 Å². The van der Waals surface area contributed by atoms with Crippen molar-refractivity contribution in [2.45, 2.75) is 52.1 Å². The van der Waals surface area contributed by atoms with E-state index in [2.05, 4.69) is 29.5 Å². The van der Waals surface area contributed by atoms with Crippen LogP contribution in [0, 0.1) is 0 Å².